The predicted octanol–water partition coefficient (Wildman–Crippen LogP) is 0.672. The summed E-state index contributed by atoms with van der Waals surface area (Å²) in [6, 6.07) is 2.40. The Labute approximate surface area is 181 Å². The average molecular weight is 454 g/mol. The Hall–Kier alpha value is -4.10. The summed E-state index contributed by atoms with van der Waals surface area (Å²) in [4.78, 5) is 79.7. The van der Waals surface area contributed by atoms with Gasteiger partial charge in [0.25, 0.3) is 22.0 Å². The Balaban J connectivity index is 3.24. The van der Waals surface area contributed by atoms with Crippen LogP contribution in [0.15, 0.2) is 12.1 Å². The van der Waals surface area contributed by atoms with Gasteiger partial charge >= 0.3 is 0 Å². The number of imide groups is 1. The third kappa shape index (κ3) is 7.00. The van der Waals surface area contributed by atoms with Gasteiger partial charge in [-0.15, -0.1) is 20.2 Å². The van der Waals surface area contributed by atoms with E-state index in [-0.39, 0.29) is 35.2 Å². The molecule has 1 rings (SSSR count). The van der Waals surface area contributed by atoms with Crippen LogP contribution < -0.4 is 0 Å². The Bertz CT molecular complexity index is 919. The summed E-state index contributed by atoms with van der Waals surface area (Å²) in [6.45, 7) is 3.51. The summed E-state index contributed by atoms with van der Waals surface area (Å²) in [5.74, 6) is -1.59. The molecule has 1 aromatic carbocycles. The second-order valence-corrected chi connectivity index (χ2v) is 6.90. The summed E-state index contributed by atoms with van der Waals surface area (Å²) in [5, 5.41) is 18.8. The molecule has 0 aliphatic rings. The first-order valence-corrected chi connectivity index (χ1v) is 9.15. The number of carbonyl (C=O) groups excluding carboxylic acids is 4. The number of rotatable bonds is 12. The topological polar surface area (TPSA) is 179 Å². The van der Waals surface area contributed by atoms with Gasteiger partial charge in [0.2, 0.25) is 6.41 Å². The number of carbonyl (C=O) groups is 4. The molecule has 2 atom stereocenters. The van der Waals surface area contributed by atoms with Crippen LogP contribution in [0.25, 0.3) is 0 Å². The van der Waals surface area contributed by atoms with Crippen molar-refractivity contribution in [2.45, 2.75) is 33.0 Å². The molecule has 0 aromatic heterocycles. The maximum absolute atomic E-state index is 12.8. The maximum atomic E-state index is 12.8. The highest BCUT2D eigenvalue weighted by Crippen LogP contribution is 2.19. The van der Waals surface area contributed by atoms with Crippen LogP contribution >= 0.6 is 0 Å². The van der Waals surface area contributed by atoms with E-state index in [4.69, 9.17) is 0 Å². The number of likely N-dealkylation sites (N-methyl/N-ethyl adjacent to an activating group) is 1. The first kappa shape index (κ1) is 25.9. The SMILES string of the molecule is Cc1cc(C=O)c(C(=O)N(C)CC(C)O[N+](=O)[O-])cc1C(=O)N(C=O)CC(C)O[N+](=O)[O-]. The van der Waals surface area contributed by atoms with Crippen LogP contribution in [-0.2, 0) is 14.5 Å². The van der Waals surface area contributed by atoms with Crippen molar-refractivity contribution in [2.24, 2.45) is 0 Å². The molecule has 0 saturated heterocycles. The van der Waals surface area contributed by atoms with Gasteiger partial charge in [0.05, 0.1) is 12.1 Å². The molecule has 0 aliphatic carbocycles. The normalized spacial score (nSPS) is 12.1. The minimum absolute atomic E-state index is 0.0403. The lowest BCUT2D eigenvalue weighted by Gasteiger charge is -2.23. The van der Waals surface area contributed by atoms with Crippen LogP contribution in [-0.4, -0.2) is 76.8 Å². The van der Waals surface area contributed by atoms with Crippen LogP contribution in [0.4, 0.5) is 0 Å². The molecule has 32 heavy (non-hydrogen) atoms. The number of hydrogen-bond acceptors (Lipinski definition) is 10. The number of amides is 3. The molecule has 0 aliphatic heterocycles. The van der Waals surface area contributed by atoms with Gasteiger partial charge in [-0.25, -0.2) is 0 Å². The Morgan fingerprint density at radius 3 is 2.00 bits per heavy atom. The van der Waals surface area contributed by atoms with Gasteiger partial charge in [0.15, 0.2) is 6.29 Å². The fraction of sp³-hybridized carbons (Fsp3) is 0.444. The summed E-state index contributed by atoms with van der Waals surface area (Å²) in [7, 11) is 1.33. The van der Waals surface area contributed by atoms with Crippen molar-refractivity contribution in [3.8, 4) is 0 Å². The van der Waals surface area contributed by atoms with Gasteiger partial charge in [0, 0.05) is 24.7 Å². The van der Waals surface area contributed by atoms with Gasteiger partial charge in [-0.05, 0) is 38.5 Å². The number of nitrogens with zero attached hydrogens (tertiary/aromatic N) is 4. The largest absolute Gasteiger partial charge is 0.339 e. The quantitative estimate of drug-likeness (QED) is 0.247. The summed E-state index contributed by atoms with van der Waals surface area (Å²) in [6.07, 6.45) is -1.49. The third-order valence-electron chi connectivity index (χ3n) is 4.24. The van der Waals surface area contributed by atoms with Gasteiger partial charge in [-0.2, -0.15) is 0 Å². The van der Waals surface area contributed by atoms with Crippen molar-refractivity contribution in [2.75, 3.05) is 20.1 Å². The minimum atomic E-state index is -1.11. The molecule has 0 N–H and O–H groups in total. The highest BCUT2D eigenvalue weighted by molar-refractivity contribution is 6.07. The molecule has 2 unspecified atom stereocenters. The Kier molecular flexibility index (Phi) is 9.19. The molecule has 0 heterocycles. The smallest absolute Gasteiger partial charge is 0.294 e. The molecule has 0 spiro atoms. The molecule has 14 nitrogen and oxygen atoms in total. The van der Waals surface area contributed by atoms with Gasteiger partial charge < -0.3 is 14.6 Å². The van der Waals surface area contributed by atoms with Crippen molar-refractivity contribution in [3.05, 3.63) is 54.6 Å². The first-order valence-electron chi connectivity index (χ1n) is 9.15. The van der Waals surface area contributed by atoms with E-state index < -0.39 is 40.7 Å². The van der Waals surface area contributed by atoms with Gasteiger partial charge in [0.1, 0.15) is 12.2 Å². The van der Waals surface area contributed by atoms with E-state index in [0.29, 0.717) is 11.2 Å². The van der Waals surface area contributed by atoms with Crippen molar-refractivity contribution >= 4 is 24.5 Å². The molecule has 0 saturated carbocycles. The zero-order chi connectivity index (χ0) is 24.6. The molecule has 1 aromatic rings. The fourth-order valence-corrected chi connectivity index (χ4v) is 2.88. The zero-order valence-corrected chi connectivity index (χ0v) is 17.7. The average Bonchev–Trinajstić information content (AvgIpc) is 2.69. The van der Waals surface area contributed by atoms with E-state index in [9.17, 15) is 39.4 Å². The van der Waals surface area contributed by atoms with Crippen molar-refractivity contribution in [3.63, 3.8) is 0 Å². The molecular weight excluding hydrogens is 432 g/mol. The fourth-order valence-electron chi connectivity index (χ4n) is 2.88. The second-order valence-electron chi connectivity index (χ2n) is 6.90. The van der Waals surface area contributed by atoms with E-state index in [1.165, 1.54) is 33.9 Å². The summed E-state index contributed by atoms with van der Waals surface area (Å²) < 4.78 is 0. The summed E-state index contributed by atoms with van der Waals surface area (Å²) in [5.41, 5.74) is -0.0370. The predicted molar refractivity (Wildman–Crippen MR) is 106 cm³/mol. The van der Waals surface area contributed by atoms with E-state index in [2.05, 4.69) is 9.68 Å². The van der Waals surface area contributed by atoms with E-state index >= 15 is 0 Å². The number of hydrogen-bond donors (Lipinski definition) is 0. The number of benzene rings is 1. The van der Waals surface area contributed by atoms with E-state index in [0.717, 1.165) is 11.0 Å². The number of aldehydes is 1. The monoisotopic (exact) mass is 454 g/mol. The third-order valence-corrected chi connectivity index (χ3v) is 4.24. The van der Waals surface area contributed by atoms with Crippen molar-refractivity contribution in [1.29, 1.82) is 0 Å². The van der Waals surface area contributed by atoms with Crippen LogP contribution in [0.3, 0.4) is 0 Å². The maximum Gasteiger partial charge on any atom is 0.294 e. The highest BCUT2D eigenvalue weighted by atomic mass is 17.0. The molecular formula is C18H22N4O10. The molecule has 14 heteroatoms. The zero-order valence-electron chi connectivity index (χ0n) is 17.7. The van der Waals surface area contributed by atoms with Crippen LogP contribution in [0.2, 0.25) is 0 Å². The van der Waals surface area contributed by atoms with Crippen LogP contribution in [0.5, 0.6) is 0 Å². The lowest BCUT2D eigenvalue weighted by atomic mass is 9.97. The number of aryl methyl sites for hydroxylation is 1. The first-order chi connectivity index (χ1) is 14.9. The van der Waals surface area contributed by atoms with E-state index in [1.807, 2.05) is 0 Å². The Morgan fingerprint density at radius 2 is 1.53 bits per heavy atom. The minimum Gasteiger partial charge on any atom is -0.339 e. The van der Waals surface area contributed by atoms with Crippen molar-refractivity contribution in [1.82, 2.24) is 9.80 Å². The molecule has 3 amide bonds. The second kappa shape index (κ2) is 11.3. The Morgan fingerprint density at radius 1 is 1.00 bits per heavy atom. The molecule has 0 fully saturated rings. The van der Waals surface area contributed by atoms with E-state index in [1.54, 1.807) is 0 Å². The standard InChI is InChI=1S/C18H22N4O10/c1-11-5-14(9-23)16(17(25)19(4)7-12(2)31-21(27)28)6-15(11)18(26)20(10-24)8-13(3)32-22(29)30/h5-6,9-10,12-13H,7-8H2,1-4H3. The lowest BCUT2D eigenvalue weighted by molar-refractivity contribution is -0.767. The van der Waals surface area contributed by atoms with Crippen LogP contribution in [0.1, 0.15) is 50.5 Å². The molecule has 0 radical (unpaired) electrons. The van der Waals surface area contributed by atoms with Crippen molar-refractivity contribution < 1.29 is 39.0 Å². The van der Waals surface area contributed by atoms with Gasteiger partial charge in [-0.3, -0.25) is 24.1 Å². The molecule has 0 bridgehead atoms. The molecule has 174 valence electrons. The summed E-state index contributed by atoms with van der Waals surface area (Å²) >= 11 is 0. The van der Waals surface area contributed by atoms with Gasteiger partial charge in [-0.1, -0.05) is 0 Å². The highest BCUT2D eigenvalue weighted by Gasteiger charge is 2.25. The lowest BCUT2D eigenvalue weighted by Crippen LogP contribution is -2.38. The van der Waals surface area contributed by atoms with Crippen LogP contribution in [0, 0.1) is 27.2 Å².